The van der Waals surface area contributed by atoms with Gasteiger partial charge in [0.1, 0.15) is 19.6 Å². The number of nitrogens with zero attached hydrogens (tertiary/aromatic N) is 2. The summed E-state index contributed by atoms with van der Waals surface area (Å²) >= 11 is 0. The minimum atomic E-state index is -3.05. The monoisotopic (exact) mass is 478 g/mol. The summed E-state index contributed by atoms with van der Waals surface area (Å²) in [6.45, 7) is -3.28. The Hall–Kier alpha value is -3.83. The largest absolute Gasteiger partial charge is 0.480 e. The first-order valence-corrected chi connectivity index (χ1v) is 9.08. The smallest absolute Gasteiger partial charge is 0.387 e. The number of aliphatic hydroxyl groups is 1. The number of carboxylic acids is 1. The highest BCUT2D eigenvalue weighted by atomic mass is 17.2. The fourth-order valence-electron chi connectivity index (χ4n) is 2.62. The number of carbonyl (C=O) groups excluding carboxylic acids is 6. The molecule has 2 aliphatic rings. The van der Waals surface area contributed by atoms with Gasteiger partial charge < -0.3 is 10.2 Å². The van der Waals surface area contributed by atoms with E-state index in [0.29, 0.717) is 0 Å². The summed E-state index contributed by atoms with van der Waals surface area (Å²) in [4.78, 5) is 110. The van der Waals surface area contributed by atoms with Gasteiger partial charge in [0.05, 0.1) is 19.4 Å². The lowest BCUT2D eigenvalue weighted by atomic mass is 9.96. The number of hydrogen-bond donors (Lipinski definition) is 2. The molecule has 182 valence electrons. The molecule has 2 atom stereocenters. The zero-order valence-corrected chi connectivity index (χ0v) is 16.8. The van der Waals surface area contributed by atoms with Gasteiger partial charge in [-0.05, 0) is 0 Å². The van der Waals surface area contributed by atoms with Crippen molar-refractivity contribution in [2.24, 2.45) is 0 Å². The van der Waals surface area contributed by atoms with Crippen LogP contribution in [0.2, 0.25) is 0 Å². The van der Waals surface area contributed by atoms with E-state index < -0.39 is 86.4 Å². The van der Waals surface area contributed by atoms with Crippen molar-refractivity contribution in [1.82, 2.24) is 9.80 Å². The summed E-state index contributed by atoms with van der Waals surface area (Å²) in [5.74, 6) is -9.84. The first-order chi connectivity index (χ1) is 15.5. The van der Waals surface area contributed by atoms with Crippen molar-refractivity contribution in [2.75, 3.05) is 39.3 Å². The molecule has 0 spiro atoms. The summed E-state index contributed by atoms with van der Waals surface area (Å²) in [7, 11) is 0. The molecule has 17 heteroatoms. The minimum absolute atomic E-state index is 0.241. The van der Waals surface area contributed by atoms with Crippen LogP contribution < -0.4 is 0 Å². The Balaban J connectivity index is 2.38. The number of aliphatic carboxylic acids is 1. The molecule has 2 saturated heterocycles. The standard InChI is InChI=1S/C16H18N2O15/c19-9(20)5-17-1-2-18-7-13(24)31-29-11(22)4-16(27,15(26)33-32-14(25)8-18)3-10(21)28-30-12(23)6-17/h27H,1-8H2,(H,19,20). The highest BCUT2D eigenvalue weighted by Crippen LogP contribution is 2.21. The fraction of sp³-hybridized carbons (Fsp3) is 0.562. The summed E-state index contributed by atoms with van der Waals surface area (Å²) in [5.41, 5.74) is -3.05. The van der Waals surface area contributed by atoms with Crippen LogP contribution in [0.1, 0.15) is 12.8 Å². The quantitative estimate of drug-likeness (QED) is 0.363. The van der Waals surface area contributed by atoms with E-state index >= 15 is 0 Å². The maximum atomic E-state index is 12.2. The van der Waals surface area contributed by atoms with E-state index in [1.807, 2.05) is 0 Å². The summed E-state index contributed by atoms with van der Waals surface area (Å²) in [5, 5.41) is 19.4. The van der Waals surface area contributed by atoms with Crippen molar-refractivity contribution in [3.05, 3.63) is 0 Å². The lowest BCUT2D eigenvalue weighted by Crippen LogP contribution is -2.46. The Morgan fingerprint density at radius 2 is 1.18 bits per heavy atom. The molecule has 2 heterocycles. The topological polar surface area (TPSA) is 222 Å². The van der Waals surface area contributed by atoms with Crippen molar-refractivity contribution < 1.29 is 73.1 Å². The van der Waals surface area contributed by atoms with Gasteiger partial charge in [-0.1, -0.05) is 0 Å². The van der Waals surface area contributed by atoms with E-state index in [1.165, 1.54) is 0 Å². The van der Waals surface area contributed by atoms with Crippen molar-refractivity contribution in [2.45, 2.75) is 18.4 Å². The van der Waals surface area contributed by atoms with Gasteiger partial charge >= 0.3 is 41.8 Å². The average Bonchev–Trinajstić information content (AvgIpc) is 2.71. The lowest BCUT2D eigenvalue weighted by molar-refractivity contribution is -0.278. The fourth-order valence-corrected chi connectivity index (χ4v) is 2.62. The van der Waals surface area contributed by atoms with E-state index in [9.17, 15) is 38.7 Å². The second-order valence-corrected chi connectivity index (χ2v) is 6.85. The molecular formula is C16H18N2O15. The van der Waals surface area contributed by atoms with Crippen LogP contribution in [0.5, 0.6) is 0 Å². The van der Waals surface area contributed by atoms with Gasteiger partial charge in [0.2, 0.25) is 0 Å². The summed E-state index contributed by atoms with van der Waals surface area (Å²) < 4.78 is 0. The van der Waals surface area contributed by atoms with Gasteiger partial charge in [0, 0.05) is 13.1 Å². The van der Waals surface area contributed by atoms with E-state index in [2.05, 4.69) is 29.3 Å². The second-order valence-electron chi connectivity index (χ2n) is 6.85. The summed E-state index contributed by atoms with van der Waals surface area (Å²) in [6, 6.07) is 0. The third-order valence-electron chi connectivity index (χ3n) is 4.07. The van der Waals surface area contributed by atoms with Crippen molar-refractivity contribution in [1.29, 1.82) is 0 Å². The predicted octanol–water partition coefficient (Wildman–Crippen LogP) is -3.78. The van der Waals surface area contributed by atoms with E-state index in [4.69, 9.17) is 5.11 Å². The first-order valence-electron chi connectivity index (χ1n) is 9.08. The zero-order valence-electron chi connectivity index (χ0n) is 16.8. The Bertz CT molecular complexity index is 842. The molecule has 0 aromatic carbocycles. The van der Waals surface area contributed by atoms with Crippen molar-refractivity contribution >= 4 is 41.8 Å². The van der Waals surface area contributed by atoms with Gasteiger partial charge in [-0.2, -0.15) is 0 Å². The van der Waals surface area contributed by atoms with Crippen LogP contribution >= 0.6 is 0 Å². The Morgan fingerprint density at radius 3 is 1.70 bits per heavy atom. The molecule has 2 unspecified atom stereocenters. The highest BCUT2D eigenvalue weighted by molar-refractivity contribution is 5.90. The number of fused-ring (bicyclic) bond motifs is 6. The van der Waals surface area contributed by atoms with Gasteiger partial charge in [-0.15, -0.1) is 0 Å². The predicted molar refractivity (Wildman–Crippen MR) is 91.3 cm³/mol. The molecule has 0 radical (unpaired) electrons. The maximum absolute atomic E-state index is 12.2. The number of hydrogen-bond acceptors (Lipinski definition) is 16. The first kappa shape index (κ1) is 25.4. The molecule has 33 heavy (non-hydrogen) atoms. The normalized spacial score (nSPS) is 26.8. The SMILES string of the molecule is O=C(O)CN1CCN2CC(=O)OOC(=O)CC(O)(CC(=O)OOC(=O)C1)C(=O)OOC(=O)C2. The third-order valence-corrected chi connectivity index (χ3v) is 4.07. The molecule has 0 aromatic heterocycles. The van der Waals surface area contributed by atoms with E-state index in [-0.39, 0.29) is 13.1 Å². The van der Waals surface area contributed by atoms with Crippen LogP contribution in [0.15, 0.2) is 0 Å². The third kappa shape index (κ3) is 8.31. The van der Waals surface area contributed by atoms with Crippen LogP contribution in [-0.4, -0.2) is 107 Å². The highest BCUT2D eigenvalue weighted by Gasteiger charge is 2.46. The Morgan fingerprint density at radius 1 is 0.727 bits per heavy atom. The number of carbonyl (C=O) groups is 7. The number of carboxylic acid groups (broad SMARTS) is 1. The molecule has 0 saturated carbocycles. The zero-order chi connectivity index (χ0) is 24.6. The molecule has 2 fully saturated rings. The lowest BCUT2D eigenvalue weighted by Gasteiger charge is -2.24. The maximum Gasteiger partial charge on any atom is 0.387 e. The van der Waals surface area contributed by atoms with Crippen molar-refractivity contribution in [3.63, 3.8) is 0 Å². The molecule has 0 amide bonds. The van der Waals surface area contributed by atoms with Gasteiger partial charge in [-0.3, -0.25) is 14.6 Å². The molecule has 2 bridgehead atoms. The van der Waals surface area contributed by atoms with E-state index in [1.54, 1.807) is 0 Å². The molecule has 2 rings (SSSR count). The second kappa shape index (κ2) is 11.2. The molecule has 2 aliphatic heterocycles. The molecule has 0 aliphatic carbocycles. The van der Waals surface area contributed by atoms with Crippen LogP contribution in [0.4, 0.5) is 0 Å². The Kier molecular flexibility index (Phi) is 8.60. The molecule has 0 aromatic rings. The van der Waals surface area contributed by atoms with Crippen LogP contribution in [0.25, 0.3) is 0 Å². The Labute approximate surface area is 183 Å². The molecular weight excluding hydrogens is 460 g/mol. The molecule has 2 N–H and O–H groups in total. The van der Waals surface area contributed by atoms with Crippen molar-refractivity contribution in [3.8, 4) is 0 Å². The van der Waals surface area contributed by atoms with Crippen LogP contribution in [0.3, 0.4) is 0 Å². The van der Waals surface area contributed by atoms with Crippen LogP contribution in [-0.2, 0) is 62.9 Å². The van der Waals surface area contributed by atoms with Gasteiger partial charge in [-0.25, -0.2) is 58.1 Å². The van der Waals surface area contributed by atoms with Gasteiger partial charge in [0.25, 0.3) is 0 Å². The number of rotatable bonds is 2. The summed E-state index contributed by atoms with van der Waals surface area (Å²) in [6.07, 6.45) is -2.68. The molecule has 17 nitrogen and oxygen atoms in total. The minimum Gasteiger partial charge on any atom is -0.480 e. The van der Waals surface area contributed by atoms with E-state index in [0.717, 1.165) is 9.80 Å². The van der Waals surface area contributed by atoms with Gasteiger partial charge in [0.15, 0.2) is 5.60 Å². The van der Waals surface area contributed by atoms with Crippen LogP contribution in [0, 0.1) is 0 Å². The average molecular weight is 478 g/mol.